The molecule has 0 fully saturated rings. The molecular formula is C17H28FIN4O2. The average molecular weight is 466 g/mol. The molecule has 6 nitrogen and oxygen atoms in total. The van der Waals surface area contributed by atoms with Gasteiger partial charge < -0.3 is 20.7 Å². The minimum Gasteiger partial charge on any atom is -0.489 e. The Bertz CT molecular complexity index is 555. The van der Waals surface area contributed by atoms with E-state index in [0.717, 1.165) is 0 Å². The normalized spacial score (nSPS) is 12.2. The lowest BCUT2D eigenvalue weighted by atomic mass is 10.2. The summed E-state index contributed by atoms with van der Waals surface area (Å²) in [6, 6.07) is 6.04. The summed E-state index contributed by atoms with van der Waals surface area (Å²) >= 11 is 0. The van der Waals surface area contributed by atoms with Gasteiger partial charge in [0.1, 0.15) is 17.7 Å². The number of rotatable bonds is 8. The maximum atomic E-state index is 13.1. The van der Waals surface area contributed by atoms with E-state index in [-0.39, 0.29) is 47.7 Å². The number of carbonyl (C=O) groups is 1. The molecule has 0 saturated carbocycles. The zero-order valence-electron chi connectivity index (χ0n) is 15.1. The van der Waals surface area contributed by atoms with E-state index >= 15 is 0 Å². The molecule has 0 aliphatic rings. The quantitative estimate of drug-likeness (QED) is 0.238. The van der Waals surface area contributed by atoms with Gasteiger partial charge in [-0.05, 0) is 19.1 Å². The number of hydrogen-bond donors (Lipinski definition) is 3. The molecule has 1 atom stereocenters. The van der Waals surface area contributed by atoms with Crippen LogP contribution >= 0.6 is 24.0 Å². The molecule has 0 radical (unpaired) electrons. The van der Waals surface area contributed by atoms with Crippen LogP contribution in [0.5, 0.6) is 5.75 Å². The van der Waals surface area contributed by atoms with Crippen molar-refractivity contribution in [1.29, 1.82) is 0 Å². The monoisotopic (exact) mass is 466 g/mol. The molecule has 1 aromatic rings. The van der Waals surface area contributed by atoms with Crippen LogP contribution in [0.4, 0.5) is 4.39 Å². The number of nitrogens with one attached hydrogen (secondary N) is 3. The number of hydrogen-bond acceptors (Lipinski definition) is 3. The van der Waals surface area contributed by atoms with Crippen molar-refractivity contribution in [2.45, 2.75) is 26.9 Å². The minimum atomic E-state index is -0.325. The number of aliphatic imine (C=N–C) groups is 1. The second-order valence-electron chi connectivity index (χ2n) is 5.71. The maximum Gasteiger partial charge on any atom is 0.222 e. The summed E-state index contributed by atoms with van der Waals surface area (Å²) < 4.78 is 18.7. The Balaban J connectivity index is 0.00000576. The molecule has 1 aromatic carbocycles. The zero-order valence-corrected chi connectivity index (χ0v) is 17.5. The molecule has 0 spiro atoms. The molecule has 0 aromatic heterocycles. The van der Waals surface area contributed by atoms with E-state index in [4.69, 9.17) is 4.74 Å². The highest BCUT2D eigenvalue weighted by molar-refractivity contribution is 14.0. The highest BCUT2D eigenvalue weighted by atomic mass is 127. The Morgan fingerprint density at radius 1 is 1.20 bits per heavy atom. The largest absolute Gasteiger partial charge is 0.489 e. The van der Waals surface area contributed by atoms with Crippen molar-refractivity contribution in [3.63, 3.8) is 0 Å². The highest BCUT2D eigenvalue weighted by Gasteiger charge is 2.07. The van der Waals surface area contributed by atoms with Gasteiger partial charge in [0.15, 0.2) is 5.96 Å². The third-order valence-corrected chi connectivity index (χ3v) is 3.15. The Morgan fingerprint density at radius 3 is 2.48 bits per heavy atom. The van der Waals surface area contributed by atoms with Gasteiger partial charge in [-0.15, -0.1) is 24.0 Å². The predicted molar refractivity (Wildman–Crippen MR) is 109 cm³/mol. The van der Waals surface area contributed by atoms with Crippen molar-refractivity contribution in [2.75, 3.05) is 26.7 Å². The van der Waals surface area contributed by atoms with Crippen LogP contribution in [0.2, 0.25) is 0 Å². The van der Waals surface area contributed by atoms with Gasteiger partial charge in [-0.3, -0.25) is 9.79 Å². The molecule has 0 heterocycles. The van der Waals surface area contributed by atoms with Crippen LogP contribution in [0.1, 0.15) is 20.8 Å². The summed E-state index contributed by atoms with van der Waals surface area (Å²) in [5, 5.41) is 9.04. The van der Waals surface area contributed by atoms with Gasteiger partial charge in [0.2, 0.25) is 5.91 Å². The number of amides is 1. The number of carbonyl (C=O) groups excluding carboxylic acids is 1. The number of nitrogens with zero attached hydrogens (tertiary/aromatic N) is 1. The molecule has 8 heteroatoms. The van der Waals surface area contributed by atoms with Gasteiger partial charge in [0.05, 0.1) is 6.54 Å². The van der Waals surface area contributed by atoms with E-state index in [2.05, 4.69) is 20.9 Å². The molecule has 142 valence electrons. The van der Waals surface area contributed by atoms with Gasteiger partial charge in [0.25, 0.3) is 0 Å². The number of guanidine groups is 1. The smallest absolute Gasteiger partial charge is 0.222 e. The van der Waals surface area contributed by atoms with Crippen LogP contribution in [0.25, 0.3) is 0 Å². The van der Waals surface area contributed by atoms with Crippen LogP contribution in [-0.2, 0) is 4.79 Å². The Hall–Kier alpha value is -1.58. The Kier molecular flexibility index (Phi) is 11.9. The van der Waals surface area contributed by atoms with Crippen LogP contribution in [0, 0.1) is 11.7 Å². The van der Waals surface area contributed by atoms with E-state index < -0.39 is 0 Å². The zero-order chi connectivity index (χ0) is 17.9. The van der Waals surface area contributed by atoms with Crippen molar-refractivity contribution in [1.82, 2.24) is 16.0 Å². The van der Waals surface area contributed by atoms with Crippen molar-refractivity contribution in [3.05, 3.63) is 30.1 Å². The fraction of sp³-hybridized carbons (Fsp3) is 0.529. The minimum absolute atomic E-state index is 0. The first kappa shape index (κ1) is 23.4. The number of ether oxygens (including phenoxy) is 1. The lowest BCUT2D eigenvalue weighted by Crippen LogP contribution is -2.44. The summed E-state index contributed by atoms with van der Waals surface area (Å²) in [6.45, 7) is 7.18. The average Bonchev–Trinajstić information content (AvgIpc) is 2.53. The summed E-state index contributed by atoms with van der Waals surface area (Å²) in [5.74, 6) is 0.779. The third kappa shape index (κ3) is 10.1. The molecule has 0 aliphatic carbocycles. The van der Waals surface area contributed by atoms with Crippen LogP contribution < -0.4 is 20.7 Å². The molecule has 0 bridgehead atoms. The van der Waals surface area contributed by atoms with E-state index in [1.165, 1.54) is 12.1 Å². The van der Waals surface area contributed by atoms with E-state index in [1.54, 1.807) is 19.2 Å². The van der Waals surface area contributed by atoms with E-state index in [0.29, 0.717) is 31.3 Å². The standard InChI is InChI=1S/C17H27FN4O2.HI/c1-12(2)16(23)20-8-9-21-17(19-4)22-11-13(3)24-15-7-5-6-14(18)10-15;/h5-7,10,12-13H,8-9,11H2,1-4H3,(H,20,23)(H2,19,21,22);1H. The summed E-state index contributed by atoms with van der Waals surface area (Å²) in [5.41, 5.74) is 0. The second-order valence-corrected chi connectivity index (χ2v) is 5.71. The predicted octanol–water partition coefficient (Wildman–Crippen LogP) is 2.15. The molecular weight excluding hydrogens is 438 g/mol. The topological polar surface area (TPSA) is 74.8 Å². The lowest BCUT2D eigenvalue weighted by molar-refractivity contribution is -0.123. The fourth-order valence-corrected chi connectivity index (χ4v) is 1.85. The molecule has 1 unspecified atom stereocenters. The number of benzene rings is 1. The SMILES string of the molecule is CN=C(NCCNC(=O)C(C)C)NCC(C)Oc1cccc(F)c1.I. The fourth-order valence-electron chi connectivity index (χ4n) is 1.85. The van der Waals surface area contributed by atoms with Gasteiger partial charge >= 0.3 is 0 Å². The van der Waals surface area contributed by atoms with Crippen molar-refractivity contribution >= 4 is 35.8 Å². The van der Waals surface area contributed by atoms with Crippen molar-refractivity contribution < 1.29 is 13.9 Å². The van der Waals surface area contributed by atoms with E-state index in [1.807, 2.05) is 20.8 Å². The first-order valence-corrected chi connectivity index (χ1v) is 8.06. The summed E-state index contributed by atoms with van der Waals surface area (Å²) in [4.78, 5) is 15.5. The van der Waals surface area contributed by atoms with Gasteiger partial charge in [-0.2, -0.15) is 0 Å². The van der Waals surface area contributed by atoms with Gasteiger partial charge in [-0.25, -0.2) is 4.39 Å². The van der Waals surface area contributed by atoms with Crippen molar-refractivity contribution in [2.24, 2.45) is 10.9 Å². The van der Waals surface area contributed by atoms with Crippen LogP contribution in [0.15, 0.2) is 29.3 Å². The Morgan fingerprint density at radius 2 is 1.88 bits per heavy atom. The molecule has 1 rings (SSSR count). The second kappa shape index (κ2) is 12.7. The molecule has 0 aliphatic heterocycles. The molecule has 1 amide bonds. The summed E-state index contributed by atoms with van der Waals surface area (Å²) in [7, 11) is 1.67. The van der Waals surface area contributed by atoms with Crippen LogP contribution in [0.3, 0.4) is 0 Å². The first-order chi connectivity index (χ1) is 11.4. The number of halogens is 2. The first-order valence-electron chi connectivity index (χ1n) is 8.06. The van der Waals surface area contributed by atoms with Crippen LogP contribution in [-0.4, -0.2) is 44.7 Å². The van der Waals surface area contributed by atoms with Crippen molar-refractivity contribution in [3.8, 4) is 5.75 Å². The van der Waals surface area contributed by atoms with Gasteiger partial charge in [-0.1, -0.05) is 19.9 Å². The lowest BCUT2D eigenvalue weighted by Gasteiger charge is -2.18. The Labute approximate surface area is 166 Å². The maximum absolute atomic E-state index is 13.1. The van der Waals surface area contributed by atoms with E-state index in [9.17, 15) is 9.18 Å². The highest BCUT2D eigenvalue weighted by Crippen LogP contribution is 2.13. The summed E-state index contributed by atoms with van der Waals surface area (Å²) in [6.07, 6.45) is -0.161. The van der Waals surface area contributed by atoms with Gasteiger partial charge in [0, 0.05) is 32.1 Å². The third-order valence-electron chi connectivity index (χ3n) is 3.15. The molecule has 3 N–H and O–H groups in total. The molecule has 0 saturated heterocycles. The molecule has 25 heavy (non-hydrogen) atoms.